The highest BCUT2D eigenvalue weighted by molar-refractivity contribution is 8.00. The average Bonchev–Trinajstić information content (AvgIpc) is 3.15. The Balaban J connectivity index is 1.80. The number of benzene rings is 1. The summed E-state index contributed by atoms with van der Waals surface area (Å²) in [4.78, 5) is 26.0. The Bertz CT molecular complexity index is 610. The highest BCUT2D eigenvalue weighted by atomic mass is 32.2. The second kappa shape index (κ2) is 5.86. The molecule has 1 heterocycles. The van der Waals surface area contributed by atoms with Gasteiger partial charge in [0.25, 0.3) is 0 Å². The van der Waals surface area contributed by atoms with Gasteiger partial charge < -0.3 is 14.8 Å². The van der Waals surface area contributed by atoms with Crippen molar-refractivity contribution >= 4 is 23.6 Å². The zero-order valence-electron chi connectivity index (χ0n) is 13.7. The number of hydrogen-bond acceptors (Lipinski definition) is 4. The van der Waals surface area contributed by atoms with E-state index >= 15 is 0 Å². The van der Waals surface area contributed by atoms with E-state index in [1.165, 1.54) is 0 Å². The Kier molecular flexibility index (Phi) is 4.17. The number of carbonyl (C=O) groups is 2. The molecule has 1 aliphatic heterocycles. The number of thioether (sulfide) groups is 1. The van der Waals surface area contributed by atoms with Crippen molar-refractivity contribution in [3.8, 4) is 0 Å². The summed E-state index contributed by atoms with van der Waals surface area (Å²) in [6.45, 7) is 6.14. The Labute approximate surface area is 141 Å². The number of aliphatic carboxylic acids is 1. The van der Waals surface area contributed by atoms with Gasteiger partial charge in [-0.3, -0.25) is 4.79 Å². The van der Waals surface area contributed by atoms with E-state index in [0.29, 0.717) is 5.75 Å². The molecule has 2 aliphatic rings. The topological polar surface area (TPSA) is 60.4 Å². The Morgan fingerprint density at radius 3 is 2.43 bits per heavy atom. The lowest BCUT2D eigenvalue weighted by molar-refractivity contribution is -0.310. The van der Waals surface area contributed by atoms with Crippen molar-refractivity contribution in [3.63, 3.8) is 0 Å². The molecular formula is C18H22NO3S-. The second-order valence-corrected chi connectivity index (χ2v) is 8.60. The number of carbonyl (C=O) groups excluding carboxylic acids is 2. The van der Waals surface area contributed by atoms with Crippen molar-refractivity contribution in [2.24, 2.45) is 11.3 Å². The van der Waals surface area contributed by atoms with Crippen molar-refractivity contribution in [2.45, 2.75) is 44.5 Å². The fraction of sp³-hybridized carbons (Fsp3) is 0.556. The van der Waals surface area contributed by atoms with Crippen LogP contribution in [0.4, 0.5) is 0 Å². The summed E-state index contributed by atoms with van der Waals surface area (Å²) in [5.41, 5.74) is 0.997. The van der Waals surface area contributed by atoms with Crippen molar-refractivity contribution < 1.29 is 14.7 Å². The molecule has 4 nitrogen and oxygen atoms in total. The largest absolute Gasteiger partial charge is 0.548 e. The molecule has 0 unspecified atom stereocenters. The molecule has 124 valence electrons. The van der Waals surface area contributed by atoms with Crippen molar-refractivity contribution in [3.05, 3.63) is 35.9 Å². The maximum absolute atomic E-state index is 13.0. The van der Waals surface area contributed by atoms with Crippen LogP contribution in [0.3, 0.4) is 0 Å². The van der Waals surface area contributed by atoms with Crippen LogP contribution < -0.4 is 5.11 Å². The number of carboxylic acids is 1. The molecule has 0 N–H and O–H groups in total. The first kappa shape index (κ1) is 16.4. The van der Waals surface area contributed by atoms with E-state index in [4.69, 9.17) is 0 Å². The monoisotopic (exact) mass is 332 g/mol. The molecule has 1 saturated carbocycles. The number of amides is 1. The van der Waals surface area contributed by atoms with Crippen LogP contribution in [0.5, 0.6) is 0 Å². The normalized spacial score (nSPS) is 30.3. The molecule has 5 heteroatoms. The van der Waals surface area contributed by atoms with Gasteiger partial charge in [0, 0.05) is 11.7 Å². The molecule has 1 saturated heterocycles. The van der Waals surface area contributed by atoms with Gasteiger partial charge >= 0.3 is 0 Å². The molecule has 1 amide bonds. The summed E-state index contributed by atoms with van der Waals surface area (Å²) in [5.74, 6) is -0.633. The molecule has 0 radical (unpaired) electrons. The van der Waals surface area contributed by atoms with Gasteiger partial charge in [-0.25, -0.2) is 0 Å². The Morgan fingerprint density at radius 1 is 1.22 bits per heavy atom. The highest BCUT2D eigenvalue weighted by Gasteiger charge is 2.52. The fourth-order valence-corrected chi connectivity index (χ4v) is 4.93. The first-order valence-corrected chi connectivity index (χ1v) is 9.05. The maximum Gasteiger partial charge on any atom is 0.227 e. The molecule has 4 atom stereocenters. The third-order valence-electron chi connectivity index (χ3n) is 4.60. The van der Waals surface area contributed by atoms with Crippen LogP contribution in [-0.2, 0) is 9.59 Å². The number of hydrogen-bond donors (Lipinski definition) is 0. The van der Waals surface area contributed by atoms with Gasteiger partial charge in [0.2, 0.25) is 5.91 Å². The number of rotatable bonds is 3. The summed E-state index contributed by atoms with van der Waals surface area (Å²) in [6.07, 6.45) is 0.806. The molecule has 3 rings (SSSR count). The van der Waals surface area contributed by atoms with Gasteiger partial charge in [0.1, 0.15) is 0 Å². The minimum absolute atomic E-state index is 0.0296. The van der Waals surface area contributed by atoms with Gasteiger partial charge in [-0.15, -0.1) is 11.8 Å². The van der Waals surface area contributed by atoms with Crippen LogP contribution in [0.2, 0.25) is 0 Å². The van der Waals surface area contributed by atoms with E-state index in [2.05, 4.69) is 0 Å². The standard InChI is InChI=1S/C18H23NO3S/c1-18(2,3)17-19(14(10-23-17)16(21)22)15(20)13-9-12(13)11-7-5-4-6-8-11/h4-8,12-14,17H,9-10H2,1-3H3,(H,21,22)/p-1/t12-,13-,14+,17+/m1/s1. The van der Waals surface area contributed by atoms with E-state index in [1.807, 2.05) is 51.1 Å². The van der Waals surface area contributed by atoms with E-state index < -0.39 is 12.0 Å². The van der Waals surface area contributed by atoms with Gasteiger partial charge in [-0.2, -0.15) is 0 Å². The maximum atomic E-state index is 13.0. The minimum atomic E-state index is -1.14. The summed E-state index contributed by atoms with van der Waals surface area (Å²) >= 11 is 1.55. The third-order valence-corrected chi connectivity index (χ3v) is 6.36. The van der Waals surface area contributed by atoms with Crippen molar-refractivity contribution in [2.75, 3.05) is 5.75 Å². The summed E-state index contributed by atoms with van der Waals surface area (Å²) < 4.78 is 0. The first-order chi connectivity index (χ1) is 10.8. The second-order valence-electron chi connectivity index (χ2n) is 7.49. The molecule has 0 bridgehead atoms. The lowest BCUT2D eigenvalue weighted by Crippen LogP contribution is -2.53. The molecule has 1 aliphatic carbocycles. The van der Waals surface area contributed by atoms with Crippen molar-refractivity contribution in [1.29, 1.82) is 0 Å². The van der Waals surface area contributed by atoms with Crippen LogP contribution in [0.15, 0.2) is 30.3 Å². The summed E-state index contributed by atoms with van der Waals surface area (Å²) in [7, 11) is 0. The molecular weight excluding hydrogens is 310 g/mol. The zero-order valence-corrected chi connectivity index (χ0v) is 14.5. The van der Waals surface area contributed by atoms with E-state index in [1.54, 1.807) is 16.7 Å². The van der Waals surface area contributed by atoms with Crippen LogP contribution in [-0.4, -0.2) is 33.9 Å². The SMILES string of the molecule is CC(C)(C)[C@@H]1SC[C@@H](C(=O)[O-])N1C(=O)[C@@H]1C[C@@H]1c1ccccc1. The molecule has 2 fully saturated rings. The van der Waals surface area contributed by atoms with Crippen LogP contribution in [0, 0.1) is 11.3 Å². The summed E-state index contributed by atoms with van der Waals surface area (Å²) in [6, 6.07) is 9.17. The highest BCUT2D eigenvalue weighted by Crippen LogP contribution is 2.51. The lowest BCUT2D eigenvalue weighted by Gasteiger charge is -2.37. The zero-order chi connectivity index (χ0) is 16.8. The fourth-order valence-electron chi connectivity index (χ4n) is 3.35. The third kappa shape index (κ3) is 3.11. The van der Waals surface area contributed by atoms with E-state index in [-0.39, 0.29) is 28.5 Å². The Hall–Kier alpha value is -1.49. The van der Waals surface area contributed by atoms with Crippen LogP contribution in [0.25, 0.3) is 0 Å². The first-order valence-electron chi connectivity index (χ1n) is 8.00. The molecule has 0 spiro atoms. The quantitative estimate of drug-likeness (QED) is 0.848. The Morgan fingerprint density at radius 2 is 1.87 bits per heavy atom. The minimum Gasteiger partial charge on any atom is -0.548 e. The smallest absolute Gasteiger partial charge is 0.227 e. The predicted octanol–water partition coefficient (Wildman–Crippen LogP) is 1.86. The molecule has 23 heavy (non-hydrogen) atoms. The van der Waals surface area contributed by atoms with Crippen LogP contribution >= 0.6 is 11.8 Å². The van der Waals surface area contributed by atoms with Crippen molar-refractivity contribution in [1.82, 2.24) is 4.90 Å². The molecule has 1 aromatic carbocycles. The molecule has 1 aromatic rings. The number of nitrogens with zero attached hydrogens (tertiary/aromatic N) is 1. The van der Waals surface area contributed by atoms with Gasteiger partial charge in [-0.1, -0.05) is 51.1 Å². The summed E-state index contributed by atoms with van der Waals surface area (Å²) in [5, 5.41) is 11.3. The van der Waals surface area contributed by atoms with Crippen LogP contribution in [0.1, 0.15) is 38.7 Å². The lowest BCUT2D eigenvalue weighted by atomic mass is 9.94. The van der Waals surface area contributed by atoms with Gasteiger partial charge in [0.05, 0.1) is 17.4 Å². The average molecular weight is 332 g/mol. The predicted molar refractivity (Wildman–Crippen MR) is 88.6 cm³/mol. The molecule has 0 aromatic heterocycles. The number of carboxylic acid groups (broad SMARTS) is 1. The van der Waals surface area contributed by atoms with Gasteiger partial charge in [0.15, 0.2) is 0 Å². The van der Waals surface area contributed by atoms with Gasteiger partial charge in [-0.05, 0) is 23.3 Å². The van der Waals surface area contributed by atoms with E-state index in [9.17, 15) is 14.7 Å². The van der Waals surface area contributed by atoms with E-state index in [0.717, 1.165) is 12.0 Å².